The third-order valence-corrected chi connectivity index (χ3v) is 5.33. The molecular weight excluding hydrogens is 425 g/mol. The van der Waals surface area contributed by atoms with Gasteiger partial charge in [0.25, 0.3) is 0 Å². The zero-order chi connectivity index (χ0) is 21.7. The van der Waals surface area contributed by atoms with Crippen LogP contribution in [0.3, 0.4) is 0 Å². The molecule has 1 aliphatic carbocycles. The van der Waals surface area contributed by atoms with Crippen LogP contribution in [0.25, 0.3) is 0 Å². The van der Waals surface area contributed by atoms with Gasteiger partial charge in [-0.25, -0.2) is 4.79 Å². The fourth-order valence-corrected chi connectivity index (χ4v) is 3.26. The van der Waals surface area contributed by atoms with Crippen LogP contribution in [0.4, 0.5) is 22.0 Å². The van der Waals surface area contributed by atoms with Crippen molar-refractivity contribution in [2.24, 2.45) is 11.1 Å². The van der Waals surface area contributed by atoms with Crippen molar-refractivity contribution in [1.29, 1.82) is 0 Å². The van der Waals surface area contributed by atoms with E-state index in [0.717, 1.165) is 31.4 Å². The van der Waals surface area contributed by atoms with Gasteiger partial charge < -0.3 is 4.74 Å². The normalized spacial score (nSPS) is 17.1. The van der Waals surface area contributed by atoms with E-state index in [2.05, 4.69) is 14.2 Å². The Labute approximate surface area is 163 Å². The van der Waals surface area contributed by atoms with Crippen molar-refractivity contribution in [3.63, 3.8) is 0 Å². The number of carbonyl (C=O) groups is 1. The number of halogens is 5. The molecular formula is C17H18F5NO5S. The van der Waals surface area contributed by atoms with Crippen molar-refractivity contribution < 1.29 is 44.2 Å². The van der Waals surface area contributed by atoms with Crippen molar-refractivity contribution in [3.8, 4) is 0 Å². The van der Waals surface area contributed by atoms with E-state index in [4.69, 9.17) is 0 Å². The fourth-order valence-electron chi connectivity index (χ4n) is 2.73. The molecule has 0 aliphatic heterocycles. The number of alkyl halides is 5. The Hall–Kier alpha value is -2.24. The maximum absolute atomic E-state index is 14.0. The molecule has 0 N–H and O–H groups in total. The molecule has 162 valence electrons. The van der Waals surface area contributed by atoms with E-state index in [1.165, 1.54) is 18.2 Å². The first-order valence-corrected chi connectivity index (χ1v) is 10.0. The molecule has 0 spiro atoms. The van der Waals surface area contributed by atoms with Crippen molar-refractivity contribution in [2.45, 2.75) is 43.5 Å². The van der Waals surface area contributed by atoms with Gasteiger partial charge in [0.15, 0.2) is 5.71 Å². The summed E-state index contributed by atoms with van der Waals surface area (Å²) in [6.45, 7) is -0.412. The topological polar surface area (TPSA) is 82.0 Å². The first-order valence-electron chi connectivity index (χ1n) is 8.64. The summed E-state index contributed by atoms with van der Waals surface area (Å²) in [6.07, 6.45) is -1.31. The molecule has 1 fully saturated rings. The Morgan fingerprint density at radius 2 is 1.62 bits per heavy atom. The summed E-state index contributed by atoms with van der Waals surface area (Å²) in [5, 5.41) is -2.87. The molecule has 1 aliphatic rings. The minimum Gasteiger partial charge on any atom is -0.460 e. The molecule has 0 heterocycles. The number of ether oxygens (including phenoxy) is 1. The Bertz CT molecular complexity index is 834. The molecule has 1 aromatic carbocycles. The zero-order valence-electron chi connectivity index (χ0n) is 15.0. The fraction of sp³-hybridized carbons (Fsp3) is 0.529. The van der Waals surface area contributed by atoms with Crippen LogP contribution in [-0.4, -0.2) is 38.1 Å². The van der Waals surface area contributed by atoms with E-state index in [1.54, 1.807) is 0 Å². The third kappa shape index (κ3) is 5.87. The number of hydrogen-bond donors (Lipinski definition) is 0. The lowest BCUT2D eigenvalue weighted by atomic mass is 9.90. The molecule has 29 heavy (non-hydrogen) atoms. The molecule has 0 aromatic heterocycles. The first kappa shape index (κ1) is 23.0. The first-order chi connectivity index (χ1) is 13.4. The van der Waals surface area contributed by atoms with Crippen LogP contribution in [-0.2, 0) is 23.9 Å². The van der Waals surface area contributed by atoms with E-state index in [9.17, 15) is 35.2 Å². The largest absolute Gasteiger partial charge is 0.478 e. The van der Waals surface area contributed by atoms with Gasteiger partial charge in [-0.3, -0.25) is 4.28 Å². The van der Waals surface area contributed by atoms with Gasteiger partial charge in [-0.1, -0.05) is 54.8 Å². The molecule has 1 saturated carbocycles. The summed E-state index contributed by atoms with van der Waals surface area (Å²) >= 11 is 0. The van der Waals surface area contributed by atoms with E-state index in [0.29, 0.717) is 12.8 Å². The smallest absolute Gasteiger partial charge is 0.460 e. The van der Waals surface area contributed by atoms with Gasteiger partial charge in [0, 0.05) is 5.56 Å². The lowest BCUT2D eigenvalue weighted by molar-refractivity contribution is -0.163. The van der Waals surface area contributed by atoms with Gasteiger partial charge in [0.1, 0.15) is 0 Å². The second-order valence-corrected chi connectivity index (χ2v) is 8.02. The second-order valence-electron chi connectivity index (χ2n) is 6.45. The third-order valence-electron chi connectivity index (χ3n) is 4.27. The van der Waals surface area contributed by atoms with E-state index >= 15 is 0 Å². The van der Waals surface area contributed by atoms with Crippen molar-refractivity contribution in [1.82, 2.24) is 0 Å². The van der Waals surface area contributed by atoms with Gasteiger partial charge in [0.05, 0.1) is 6.61 Å². The van der Waals surface area contributed by atoms with E-state index in [-0.39, 0.29) is 5.92 Å². The molecule has 2 rings (SSSR count). The molecule has 12 heteroatoms. The number of esters is 1. The molecule has 0 radical (unpaired) electrons. The number of rotatable bonds is 7. The average molecular weight is 443 g/mol. The number of carbonyl (C=O) groups excluding carboxylic acids is 1. The molecule has 6 nitrogen and oxygen atoms in total. The summed E-state index contributed by atoms with van der Waals surface area (Å²) in [5.41, 5.74) is -2.47. The predicted octanol–water partition coefficient (Wildman–Crippen LogP) is 4.02. The summed E-state index contributed by atoms with van der Waals surface area (Å²) < 4.78 is 98.4. The summed E-state index contributed by atoms with van der Waals surface area (Å²) in [5.74, 6) is -2.61. The van der Waals surface area contributed by atoms with E-state index in [1.807, 2.05) is 0 Å². The number of nitrogens with zero attached hydrogens (tertiary/aromatic N) is 1. The SMILES string of the molecule is O=C(OCC1CCCCC1)C(F)(F)S(=O)(=O)ON=C(c1ccccc1)C(F)(F)F. The lowest BCUT2D eigenvalue weighted by Gasteiger charge is -2.22. The van der Waals surface area contributed by atoms with Gasteiger partial charge in [-0.2, -0.15) is 30.4 Å². The quantitative estimate of drug-likeness (QED) is 0.275. The maximum atomic E-state index is 14.0. The van der Waals surface area contributed by atoms with Gasteiger partial charge >= 0.3 is 27.5 Å². The highest BCUT2D eigenvalue weighted by atomic mass is 32.2. The minimum atomic E-state index is -6.17. The zero-order valence-corrected chi connectivity index (χ0v) is 15.8. The van der Waals surface area contributed by atoms with Crippen LogP contribution in [0.5, 0.6) is 0 Å². The molecule has 1 aromatic rings. The molecule has 0 amide bonds. The Morgan fingerprint density at radius 3 is 2.17 bits per heavy atom. The van der Waals surface area contributed by atoms with Crippen molar-refractivity contribution in [3.05, 3.63) is 35.9 Å². The Morgan fingerprint density at radius 1 is 1.03 bits per heavy atom. The number of hydrogen-bond acceptors (Lipinski definition) is 6. The predicted molar refractivity (Wildman–Crippen MR) is 91.5 cm³/mol. The maximum Gasteiger partial charge on any atom is 0.478 e. The van der Waals surface area contributed by atoms with Crippen LogP contribution < -0.4 is 0 Å². The van der Waals surface area contributed by atoms with Gasteiger partial charge in [-0.05, 0) is 18.8 Å². The van der Waals surface area contributed by atoms with Gasteiger partial charge in [0.2, 0.25) is 0 Å². The Kier molecular flexibility index (Phi) is 7.20. The monoisotopic (exact) mass is 443 g/mol. The minimum absolute atomic E-state index is 0.181. The molecule has 0 unspecified atom stereocenters. The summed E-state index contributed by atoms with van der Waals surface area (Å²) in [4.78, 5) is 11.6. The van der Waals surface area contributed by atoms with Crippen LogP contribution in [0.1, 0.15) is 37.7 Å². The van der Waals surface area contributed by atoms with Crippen LogP contribution >= 0.6 is 0 Å². The standard InChI is InChI=1S/C17H18F5NO5S/c18-16(19,20)14(13-9-5-2-6-10-13)23-28-29(25,26)17(21,22)15(24)27-11-12-7-3-1-4-8-12/h2,5-6,9-10,12H,1,3-4,7-8,11H2. The van der Waals surface area contributed by atoms with Crippen molar-refractivity contribution >= 4 is 21.8 Å². The van der Waals surface area contributed by atoms with Crippen LogP contribution in [0, 0.1) is 5.92 Å². The molecule has 0 saturated heterocycles. The highest BCUT2D eigenvalue weighted by molar-refractivity contribution is 7.88. The van der Waals surface area contributed by atoms with Crippen LogP contribution in [0.2, 0.25) is 0 Å². The second kappa shape index (κ2) is 9.06. The van der Waals surface area contributed by atoms with E-state index < -0.39 is 45.4 Å². The number of benzene rings is 1. The Balaban J connectivity index is 2.14. The summed E-state index contributed by atoms with van der Waals surface area (Å²) in [7, 11) is -6.17. The highest BCUT2D eigenvalue weighted by Crippen LogP contribution is 2.29. The summed E-state index contributed by atoms with van der Waals surface area (Å²) in [6, 6.07) is 5.63. The average Bonchev–Trinajstić information content (AvgIpc) is 2.66. The molecule has 0 bridgehead atoms. The highest BCUT2D eigenvalue weighted by Gasteiger charge is 2.57. The van der Waals surface area contributed by atoms with Crippen molar-refractivity contribution in [2.75, 3.05) is 6.61 Å². The number of oxime groups is 1. The van der Waals surface area contributed by atoms with Crippen LogP contribution in [0.15, 0.2) is 35.5 Å². The van der Waals surface area contributed by atoms with Gasteiger partial charge in [-0.15, -0.1) is 0 Å². The molecule has 0 atom stereocenters. The lowest BCUT2D eigenvalue weighted by Crippen LogP contribution is -2.41.